The zero-order valence-corrected chi connectivity index (χ0v) is 15.8. The van der Waals surface area contributed by atoms with Crippen LogP contribution in [0.15, 0.2) is 30.5 Å². The number of anilines is 2. The number of pyridine rings is 1. The van der Waals surface area contributed by atoms with E-state index in [2.05, 4.69) is 10.3 Å². The molecule has 1 aromatic carbocycles. The van der Waals surface area contributed by atoms with E-state index in [1.165, 1.54) is 38.5 Å². The maximum absolute atomic E-state index is 12.5. The molecule has 1 saturated heterocycles. The molecule has 1 atom stereocenters. The molecule has 2 N–H and O–H groups in total. The first-order chi connectivity index (χ1) is 13.5. The summed E-state index contributed by atoms with van der Waals surface area (Å²) in [4.78, 5) is 30.5. The summed E-state index contributed by atoms with van der Waals surface area (Å²) in [6.45, 7) is 0.177. The molecule has 1 fully saturated rings. The van der Waals surface area contributed by atoms with E-state index in [4.69, 9.17) is 14.2 Å². The van der Waals surface area contributed by atoms with Crippen molar-refractivity contribution in [1.29, 1.82) is 0 Å². The lowest BCUT2D eigenvalue weighted by atomic mass is 10.1. The number of hydrogen-bond donors (Lipinski definition) is 2. The van der Waals surface area contributed by atoms with Gasteiger partial charge in [0.1, 0.15) is 0 Å². The monoisotopic (exact) mass is 387 g/mol. The van der Waals surface area contributed by atoms with Crippen LogP contribution < -0.4 is 24.4 Å². The third kappa shape index (κ3) is 3.64. The Hall–Kier alpha value is -3.49. The summed E-state index contributed by atoms with van der Waals surface area (Å²) in [6, 6.07) is 6.29. The molecule has 148 valence electrons. The van der Waals surface area contributed by atoms with Crippen LogP contribution in [0.3, 0.4) is 0 Å². The number of ether oxygens (including phenoxy) is 3. The SMILES string of the molecule is COc1cc(N2CC(C(=O)Nc3ncccc3O)CC2=O)cc(OC)c1OC. The van der Waals surface area contributed by atoms with Crippen molar-refractivity contribution in [3.63, 3.8) is 0 Å². The number of carbonyl (C=O) groups excluding carboxylic acids is 2. The van der Waals surface area contributed by atoms with Gasteiger partial charge in [-0.05, 0) is 12.1 Å². The summed E-state index contributed by atoms with van der Waals surface area (Å²) in [5.74, 6) is -0.0231. The Balaban J connectivity index is 1.81. The lowest BCUT2D eigenvalue weighted by molar-refractivity contribution is -0.122. The second-order valence-electron chi connectivity index (χ2n) is 6.15. The maximum Gasteiger partial charge on any atom is 0.231 e. The van der Waals surface area contributed by atoms with Gasteiger partial charge in [-0.25, -0.2) is 4.98 Å². The topological polar surface area (TPSA) is 110 Å². The van der Waals surface area contributed by atoms with Gasteiger partial charge in [-0.1, -0.05) is 0 Å². The van der Waals surface area contributed by atoms with E-state index in [0.29, 0.717) is 22.9 Å². The van der Waals surface area contributed by atoms with Crippen LogP contribution in [-0.2, 0) is 9.59 Å². The van der Waals surface area contributed by atoms with Crippen molar-refractivity contribution in [3.05, 3.63) is 30.5 Å². The summed E-state index contributed by atoms with van der Waals surface area (Å²) >= 11 is 0. The van der Waals surface area contributed by atoms with Gasteiger partial charge in [-0.2, -0.15) is 0 Å². The molecule has 0 bridgehead atoms. The Morgan fingerprint density at radius 2 is 1.89 bits per heavy atom. The second kappa shape index (κ2) is 8.03. The van der Waals surface area contributed by atoms with Gasteiger partial charge in [0.05, 0.1) is 32.9 Å². The Bertz CT molecular complexity index is 876. The first-order valence-corrected chi connectivity index (χ1v) is 8.53. The van der Waals surface area contributed by atoms with Crippen molar-refractivity contribution >= 4 is 23.3 Å². The highest BCUT2D eigenvalue weighted by Gasteiger charge is 2.36. The standard InChI is InChI=1S/C19H21N3O6/c1-26-14-8-12(9-15(27-2)17(14)28-3)22-10-11(7-16(22)24)19(25)21-18-13(23)5-4-6-20-18/h4-6,8-9,11,23H,7,10H2,1-3H3,(H,20,21,25). The Labute approximate surface area is 161 Å². The van der Waals surface area contributed by atoms with Crippen LogP contribution >= 0.6 is 0 Å². The third-order valence-electron chi connectivity index (χ3n) is 4.49. The number of aromatic hydroxyl groups is 1. The molecule has 9 heteroatoms. The summed E-state index contributed by atoms with van der Waals surface area (Å²) in [7, 11) is 4.47. The van der Waals surface area contributed by atoms with Gasteiger partial charge in [-0.15, -0.1) is 0 Å². The molecule has 0 saturated carbocycles. The van der Waals surface area contributed by atoms with E-state index in [-0.39, 0.29) is 30.4 Å². The van der Waals surface area contributed by atoms with Crippen molar-refractivity contribution < 1.29 is 28.9 Å². The molecular formula is C19H21N3O6. The zero-order valence-electron chi connectivity index (χ0n) is 15.8. The molecule has 2 amide bonds. The van der Waals surface area contributed by atoms with Gasteiger partial charge in [-0.3, -0.25) is 9.59 Å². The highest BCUT2D eigenvalue weighted by Crippen LogP contribution is 2.42. The summed E-state index contributed by atoms with van der Waals surface area (Å²) in [6.07, 6.45) is 1.49. The number of nitrogens with zero attached hydrogens (tertiary/aromatic N) is 2. The van der Waals surface area contributed by atoms with Gasteiger partial charge in [0.15, 0.2) is 23.1 Å². The third-order valence-corrected chi connectivity index (χ3v) is 4.49. The molecule has 1 unspecified atom stereocenters. The van der Waals surface area contributed by atoms with E-state index in [1.807, 2.05) is 0 Å². The fourth-order valence-electron chi connectivity index (χ4n) is 3.07. The van der Waals surface area contributed by atoms with Crippen molar-refractivity contribution in [3.8, 4) is 23.0 Å². The summed E-state index contributed by atoms with van der Waals surface area (Å²) in [5, 5.41) is 12.3. The number of amides is 2. The van der Waals surface area contributed by atoms with Crippen LogP contribution in [-0.4, -0.2) is 49.8 Å². The van der Waals surface area contributed by atoms with E-state index in [1.54, 1.807) is 18.2 Å². The van der Waals surface area contributed by atoms with E-state index < -0.39 is 11.8 Å². The molecule has 0 radical (unpaired) electrons. The number of aromatic nitrogens is 1. The van der Waals surface area contributed by atoms with Crippen LogP contribution in [0.1, 0.15) is 6.42 Å². The number of rotatable bonds is 6. The molecule has 1 aliphatic heterocycles. The molecule has 28 heavy (non-hydrogen) atoms. The number of methoxy groups -OCH3 is 3. The Morgan fingerprint density at radius 1 is 1.21 bits per heavy atom. The highest BCUT2D eigenvalue weighted by molar-refractivity contribution is 6.03. The molecule has 0 spiro atoms. The lowest BCUT2D eigenvalue weighted by Gasteiger charge is -2.20. The molecular weight excluding hydrogens is 366 g/mol. The average molecular weight is 387 g/mol. The molecule has 2 heterocycles. The zero-order chi connectivity index (χ0) is 20.3. The largest absolute Gasteiger partial charge is 0.504 e. The smallest absolute Gasteiger partial charge is 0.231 e. The minimum Gasteiger partial charge on any atom is -0.504 e. The number of carbonyl (C=O) groups is 2. The summed E-state index contributed by atoms with van der Waals surface area (Å²) in [5.41, 5.74) is 0.537. The Kier molecular flexibility index (Phi) is 5.53. The molecule has 1 aromatic heterocycles. The second-order valence-corrected chi connectivity index (χ2v) is 6.15. The van der Waals surface area contributed by atoms with E-state index in [0.717, 1.165) is 0 Å². The number of hydrogen-bond acceptors (Lipinski definition) is 7. The molecule has 2 aromatic rings. The fourth-order valence-corrected chi connectivity index (χ4v) is 3.07. The van der Waals surface area contributed by atoms with E-state index >= 15 is 0 Å². The van der Waals surface area contributed by atoms with Crippen molar-refractivity contribution in [2.24, 2.45) is 5.92 Å². The molecule has 3 rings (SSSR count). The number of benzene rings is 1. The maximum atomic E-state index is 12.5. The van der Waals surface area contributed by atoms with Crippen molar-refractivity contribution in [2.75, 3.05) is 38.1 Å². The minimum atomic E-state index is -0.590. The predicted octanol–water partition coefficient (Wildman–Crippen LogP) is 1.80. The van der Waals surface area contributed by atoms with Gasteiger partial charge < -0.3 is 29.5 Å². The Morgan fingerprint density at radius 3 is 2.46 bits per heavy atom. The fraction of sp³-hybridized carbons (Fsp3) is 0.316. The quantitative estimate of drug-likeness (QED) is 0.778. The normalized spacial score (nSPS) is 16.0. The first-order valence-electron chi connectivity index (χ1n) is 8.53. The number of nitrogens with one attached hydrogen (secondary N) is 1. The molecule has 9 nitrogen and oxygen atoms in total. The lowest BCUT2D eigenvalue weighted by Crippen LogP contribution is -2.28. The van der Waals surface area contributed by atoms with Gasteiger partial charge >= 0.3 is 0 Å². The summed E-state index contributed by atoms with van der Waals surface area (Å²) < 4.78 is 15.9. The van der Waals surface area contributed by atoms with Crippen molar-refractivity contribution in [1.82, 2.24) is 4.98 Å². The first kappa shape index (κ1) is 19.3. The van der Waals surface area contributed by atoms with E-state index in [9.17, 15) is 14.7 Å². The highest BCUT2D eigenvalue weighted by atomic mass is 16.5. The minimum absolute atomic E-state index is 0.0378. The van der Waals surface area contributed by atoms with Crippen LogP contribution in [0.25, 0.3) is 0 Å². The van der Waals surface area contributed by atoms with Crippen LogP contribution in [0.2, 0.25) is 0 Å². The van der Waals surface area contributed by atoms with Gasteiger partial charge in [0.25, 0.3) is 0 Å². The van der Waals surface area contributed by atoms with Crippen LogP contribution in [0.4, 0.5) is 11.5 Å². The molecule has 1 aliphatic rings. The van der Waals surface area contributed by atoms with Crippen LogP contribution in [0, 0.1) is 5.92 Å². The predicted molar refractivity (Wildman–Crippen MR) is 101 cm³/mol. The molecule has 0 aliphatic carbocycles. The van der Waals surface area contributed by atoms with Crippen LogP contribution in [0.5, 0.6) is 23.0 Å². The average Bonchev–Trinajstić information content (AvgIpc) is 3.10. The van der Waals surface area contributed by atoms with Crippen molar-refractivity contribution in [2.45, 2.75) is 6.42 Å². The van der Waals surface area contributed by atoms with Gasteiger partial charge in [0, 0.05) is 31.3 Å². The van der Waals surface area contributed by atoms with Gasteiger partial charge in [0.2, 0.25) is 17.6 Å².